The predicted octanol–water partition coefficient (Wildman–Crippen LogP) is 10.4. The van der Waals surface area contributed by atoms with Crippen LogP contribution in [0.25, 0.3) is 32.7 Å². The summed E-state index contributed by atoms with van der Waals surface area (Å²) in [6.45, 7) is 37.5. The molecule has 26 heteroatoms. The zero-order valence-electron chi connectivity index (χ0n) is 55.5. The first-order valence-corrected chi connectivity index (χ1v) is 28.9. The molecular formula is C68H96Cl3N11O9Re3-12. The molecule has 6 aromatic rings. The largest absolute Gasteiger partial charge is 0.545 e. The van der Waals surface area contributed by atoms with E-state index in [1.807, 2.05) is 79.3 Å². The maximum atomic E-state index is 7.75. The number of aromatic nitrogens is 3. The van der Waals surface area contributed by atoms with Crippen LogP contribution in [-0.2, 0) is 104 Å². The van der Waals surface area contributed by atoms with Gasteiger partial charge >= 0.3 is 0 Å². The summed E-state index contributed by atoms with van der Waals surface area (Å²) in [5.74, 6) is 3.13. The number of carbonyl (C=O) groups excluding carboxylic acids is 9. The van der Waals surface area contributed by atoms with Crippen molar-refractivity contribution in [3.63, 3.8) is 0 Å². The van der Waals surface area contributed by atoms with Gasteiger partial charge in [-0.25, -0.2) is 0 Å². The van der Waals surface area contributed by atoms with Crippen molar-refractivity contribution in [1.82, 2.24) is 40.3 Å². The normalized spacial score (nSPS) is 16.1. The Bertz CT molecular complexity index is 2740. The van der Waals surface area contributed by atoms with Gasteiger partial charge in [-0.15, -0.1) is 0 Å². The number of hydrogen-bond acceptors (Lipinski definition) is 20. The van der Waals surface area contributed by atoms with Crippen LogP contribution < -0.4 is 26.6 Å². The molecule has 94 heavy (non-hydrogen) atoms. The average molecular weight is 1880 g/mol. The molecule has 20 nitrogen and oxygen atoms in total. The standard InChI is InChI=1S/2C19H27ClN4.C18H24ClN3.9CHO.3CH3.3Re/c1-24(2)19-5-3-4-14(19)13-21-10-11-23-17-8-9-22-18-12-15(20)6-7-16(17)18;1-24(2)13-14-4-3-5-17(14)22-10-11-23-18-8-9-21-19-12-15(20)6-7-16(18)19;1-22(2)12-14-5-3-4-13(14)11-21-17-8-9-20-18-10-15(19)6-7-16(17)18;9*1-2;;;;;;/h6-9,12,14,19,21H,3-5,10-11,13H2,1-2H3,(H,22,23);6-9,12,14,17,22H,3-5,10-11,13H2,1-2H3,(H,21,23);6-10,13-14H,3-5,11-12H2,1-2H3,(H,20,21);9*1H;3*1H3;;;/q;;;12*-1;;;. The molecule has 0 aliphatic heterocycles. The van der Waals surface area contributed by atoms with Gasteiger partial charge in [-0.1, -0.05) is 54.1 Å². The van der Waals surface area contributed by atoms with E-state index in [9.17, 15) is 0 Å². The van der Waals surface area contributed by atoms with Crippen LogP contribution in [0.2, 0.25) is 15.1 Å². The van der Waals surface area contributed by atoms with Gasteiger partial charge in [-0.2, -0.15) is 0 Å². The van der Waals surface area contributed by atoms with E-state index < -0.39 is 0 Å². The fourth-order valence-electron chi connectivity index (χ4n) is 11.1. The minimum atomic E-state index is 0. The summed E-state index contributed by atoms with van der Waals surface area (Å²) in [6.07, 6.45) is 17.6. The maximum absolute atomic E-state index is 7.75. The Labute approximate surface area is 618 Å². The summed E-state index contributed by atoms with van der Waals surface area (Å²) in [5.41, 5.74) is 6.22. The first-order valence-electron chi connectivity index (χ1n) is 27.8. The van der Waals surface area contributed by atoms with Gasteiger partial charge < -0.3 is 107 Å². The Morgan fingerprint density at radius 3 is 1.15 bits per heavy atom. The molecule has 3 aromatic heterocycles. The third-order valence-corrected chi connectivity index (χ3v) is 15.2. The summed E-state index contributed by atoms with van der Waals surface area (Å²) in [5, 5.41) is 23.6. The van der Waals surface area contributed by atoms with E-state index in [4.69, 9.17) is 78.0 Å². The van der Waals surface area contributed by atoms with Crippen molar-refractivity contribution < 1.29 is 104 Å². The van der Waals surface area contributed by atoms with E-state index in [2.05, 4.69) is 172 Å². The van der Waals surface area contributed by atoms with Crippen LogP contribution in [0.5, 0.6) is 0 Å². The summed E-state index contributed by atoms with van der Waals surface area (Å²) in [6, 6.07) is 25.1. The van der Waals surface area contributed by atoms with E-state index in [0.717, 1.165) is 134 Å². The molecule has 3 aromatic carbocycles. The molecule has 531 valence electrons. The predicted molar refractivity (Wildman–Crippen MR) is 380 cm³/mol. The number of nitrogens with one attached hydrogen (secondary N) is 5. The number of rotatable bonds is 19. The molecule has 0 bridgehead atoms. The Balaban J connectivity index is -0.000000143. The van der Waals surface area contributed by atoms with E-state index in [1.165, 1.54) is 70.9 Å². The SMILES string of the molecule is CN(C)C1CCCC1CNCCNc1ccnc2cc(Cl)ccc12.CN(C)CC1CCCC1CNc1ccnc2cc(Cl)ccc12.CN(C)CC1CCCC1NCCNc1ccnc2cc(Cl)ccc12.[CH-]=O.[CH-]=O.[CH-]=O.[CH-]=O.[CH-]=O.[CH-]=O.[CH-]=O.[CH-]=O.[CH-]=O.[CH3-].[CH3-].[CH3-].[Re].[Re].[Re]. The van der Waals surface area contributed by atoms with Crippen LogP contribution in [0.1, 0.15) is 57.8 Å². The van der Waals surface area contributed by atoms with Crippen molar-refractivity contribution in [1.29, 1.82) is 0 Å². The van der Waals surface area contributed by atoms with E-state index in [1.54, 1.807) is 0 Å². The van der Waals surface area contributed by atoms with Gasteiger partial charge in [0.15, 0.2) is 0 Å². The third-order valence-electron chi connectivity index (χ3n) is 14.5. The fraction of sp³-hybridized carbons (Fsp3) is 0.426. The van der Waals surface area contributed by atoms with Gasteiger partial charge in [-0.05, 0) is 184 Å². The smallest absolute Gasteiger partial charge is 0.0737 e. The molecule has 6 unspecified atom stereocenters. The molecule has 3 saturated carbocycles. The molecule has 0 saturated heterocycles. The van der Waals surface area contributed by atoms with Crippen LogP contribution in [0, 0.1) is 46.0 Å². The van der Waals surface area contributed by atoms with Crippen molar-refractivity contribution in [3.05, 3.63) is 129 Å². The minimum Gasteiger partial charge on any atom is -0.545 e. The van der Waals surface area contributed by atoms with Gasteiger partial charge in [0.25, 0.3) is 0 Å². The number of hydrogen-bond donors (Lipinski definition) is 5. The molecule has 3 heterocycles. The van der Waals surface area contributed by atoms with Crippen LogP contribution in [0.3, 0.4) is 0 Å². The van der Waals surface area contributed by atoms with E-state index in [-0.39, 0.29) is 83.5 Å². The molecule has 0 amide bonds. The van der Waals surface area contributed by atoms with Gasteiger partial charge in [-0.3, -0.25) is 76.1 Å². The van der Waals surface area contributed by atoms with Gasteiger partial charge in [0.1, 0.15) is 0 Å². The van der Waals surface area contributed by atoms with Crippen LogP contribution >= 0.6 is 34.8 Å². The maximum Gasteiger partial charge on any atom is 0.0737 e. The Hall–Kier alpha value is -5.02. The van der Waals surface area contributed by atoms with Crippen molar-refractivity contribution in [2.75, 3.05) is 111 Å². The van der Waals surface area contributed by atoms with Crippen LogP contribution in [0.4, 0.5) is 17.1 Å². The molecule has 3 aliphatic carbocycles. The molecule has 3 fully saturated rings. The van der Waals surface area contributed by atoms with Crippen molar-refractivity contribution >= 4 is 146 Å². The van der Waals surface area contributed by atoms with Gasteiger partial charge in [0, 0.05) is 186 Å². The quantitative estimate of drug-likeness (QED) is 0.0287. The number of benzene rings is 3. The molecule has 3 radical (unpaired) electrons. The van der Waals surface area contributed by atoms with Crippen LogP contribution in [-0.4, -0.2) is 197 Å². The van der Waals surface area contributed by atoms with Crippen LogP contribution in [0.15, 0.2) is 91.4 Å². The first-order chi connectivity index (χ1) is 42.9. The molecule has 5 N–H and O–H groups in total. The van der Waals surface area contributed by atoms with Gasteiger partial charge in [0.2, 0.25) is 0 Å². The monoisotopic (exact) mass is 1880 g/mol. The molecule has 3 aliphatic rings. The number of fused-ring (bicyclic) bond motifs is 3. The fourth-order valence-corrected chi connectivity index (χ4v) is 11.6. The second kappa shape index (κ2) is 69.3. The number of nitrogens with zero attached hydrogens (tertiary/aromatic N) is 6. The Morgan fingerprint density at radius 2 is 0.745 bits per heavy atom. The average Bonchev–Trinajstić information content (AvgIpc) is 1.31. The number of pyridine rings is 3. The number of anilines is 3. The van der Waals surface area contributed by atoms with E-state index in [0.29, 0.717) is 6.04 Å². The summed E-state index contributed by atoms with van der Waals surface area (Å²) in [7, 11) is 13.1. The first kappa shape index (κ1) is 108. The summed E-state index contributed by atoms with van der Waals surface area (Å²) in [4.78, 5) is 89.9. The zero-order valence-corrected chi connectivity index (χ0v) is 65.9. The second-order valence-electron chi connectivity index (χ2n) is 20.4. The number of halogens is 3. The van der Waals surface area contributed by atoms with Crippen molar-refractivity contribution in [2.24, 2.45) is 23.7 Å². The van der Waals surface area contributed by atoms with Crippen molar-refractivity contribution in [3.8, 4) is 0 Å². The summed E-state index contributed by atoms with van der Waals surface area (Å²) < 4.78 is 0. The minimum absolute atomic E-state index is 0. The second-order valence-corrected chi connectivity index (χ2v) is 21.8. The third kappa shape index (κ3) is 40.5. The topological polar surface area (TPSA) is 262 Å². The van der Waals surface area contributed by atoms with E-state index >= 15 is 0 Å². The van der Waals surface area contributed by atoms with Gasteiger partial charge in [0.05, 0.1) is 16.6 Å². The molecule has 0 spiro atoms. The van der Waals surface area contributed by atoms with Crippen molar-refractivity contribution in [2.45, 2.75) is 69.9 Å². The summed E-state index contributed by atoms with van der Waals surface area (Å²) >= 11 is 18.1. The Morgan fingerprint density at radius 1 is 0.404 bits per heavy atom. The Kier molecular flexibility index (Phi) is 79.4. The molecule has 9 rings (SSSR count). The molecular weight excluding hydrogens is 1780 g/mol. The molecule has 6 atom stereocenters. The zero-order chi connectivity index (χ0) is 67.4.